The minimum Gasteiger partial charge on any atom is -0.364 e. The molecule has 6 nitrogen and oxygen atoms in total. The molecule has 0 saturated heterocycles. The lowest BCUT2D eigenvalue weighted by atomic mass is 10.2. The van der Waals surface area contributed by atoms with E-state index in [1.165, 1.54) is 19.3 Å². The lowest BCUT2D eigenvalue weighted by Gasteiger charge is -2.05. The van der Waals surface area contributed by atoms with Crippen molar-refractivity contribution in [1.82, 2.24) is 5.16 Å². The fourth-order valence-corrected chi connectivity index (χ4v) is 1.36. The molecule has 0 saturated carbocycles. The van der Waals surface area contributed by atoms with Crippen molar-refractivity contribution in [2.24, 2.45) is 0 Å². The maximum atomic E-state index is 11.6. The van der Waals surface area contributed by atoms with Gasteiger partial charge in [-0.1, -0.05) is 5.16 Å². The molecule has 0 aliphatic carbocycles. The third-order valence-electron chi connectivity index (χ3n) is 2.13. The van der Waals surface area contributed by atoms with E-state index in [4.69, 9.17) is 0 Å². The Morgan fingerprint density at radius 2 is 1.67 bits per heavy atom. The predicted octanol–water partition coefficient (Wildman–Crippen LogP) is 1.89. The first-order valence-corrected chi connectivity index (χ1v) is 5.24. The van der Waals surface area contributed by atoms with Gasteiger partial charge >= 0.3 is 0 Å². The zero-order valence-corrected chi connectivity index (χ0v) is 9.64. The van der Waals surface area contributed by atoms with E-state index in [9.17, 15) is 9.59 Å². The molecule has 2 N–H and O–H groups in total. The van der Waals surface area contributed by atoms with Gasteiger partial charge in [0.15, 0.2) is 5.69 Å². The van der Waals surface area contributed by atoms with Gasteiger partial charge in [-0.3, -0.25) is 9.59 Å². The van der Waals surface area contributed by atoms with Crippen LogP contribution in [0.5, 0.6) is 0 Å². The molecule has 0 aliphatic heterocycles. The quantitative estimate of drug-likeness (QED) is 0.864. The highest BCUT2D eigenvalue weighted by atomic mass is 16.5. The average molecular weight is 245 g/mol. The third kappa shape index (κ3) is 2.94. The van der Waals surface area contributed by atoms with Crippen LogP contribution in [0.2, 0.25) is 0 Å². The Kier molecular flexibility index (Phi) is 3.38. The van der Waals surface area contributed by atoms with Gasteiger partial charge in [0.2, 0.25) is 5.91 Å². The first-order valence-electron chi connectivity index (χ1n) is 5.24. The summed E-state index contributed by atoms with van der Waals surface area (Å²) in [5.74, 6) is -0.495. The maximum Gasteiger partial charge on any atom is 0.277 e. The van der Waals surface area contributed by atoms with Crippen molar-refractivity contribution < 1.29 is 14.1 Å². The van der Waals surface area contributed by atoms with Crippen LogP contribution in [-0.2, 0) is 4.79 Å². The van der Waals surface area contributed by atoms with Crippen LogP contribution in [0.4, 0.5) is 11.4 Å². The number of amides is 2. The Morgan fingerprint density at radius 3 is 2.17 bits per heavy atom. The second kappa shape index (κ2) is 5.13. The molecule has 0 radical (unpaired) electrons. The van der Waals surface area contributed by atoms with Crippen LogP contribution < -0.4 is 10.6 Å². The SMILES string of the molecule is CC(=O)Nc1ccc(NC(=O)c2ccon2)cc1. The molecule has 0 unspecified atom stereocenters. The smallest absolute Gasteiger partial charge is 0.277 e. The lowest BCUT2D eigenvalue weighted by molar-refractivity contribution is -0.114. The molecule has 0 atom stereocenters. The molecule has 2 amide bonds. The van der Waals surface area contributed by atoms with Gasteiger partial charge in [0.1, 0.15) is 6.26 Å². The molecule has 18 heavy (non-hydrogen) atoms. The number of aromatic nitrogens is 1. The van der Waals surface area contributed by atoms with E-state index in [1.807, 2.05) is 0 Å². The fourth-order valence-electron chi connectivity index (χ4n) is 1.36. The number of hydrogen-bond donors (Lipinski definition) is 2. The van der Waals surface area contributed by atoms with E-state index >= 15 is 0 Å². The highest BCUT2D eigenvalue weighted by molar-refractivity contribution is 6.02. The van der Waals surface area contributed by atoms with Crippen molar-refractivity contribution in [3.8, 4) is 0 Å². The highest BCUT2D eigenvalue weighted by Gasteiger charge is 2.08. The van der Waals surface area contributed by atoms with Crippen LogP contribution >= 0.6 is 0 Å². The van der Waals surface area contributed by atoms with Crippen molar-refractivity contribution in [2.75, 3.05) is 10.6 Å². The molecule has 0 bridgehead atoms. The average Bonchev–Trinajstić information content (AvgIpc) is 2.84. The summed E-state index contributed by atoms with van der Waals surface area (Å²) in [6.45, 7) is 1.43. The Balaban J connectivity index is 2.02. The van der Waals surface area contributed by atoms with Crippen LogP contribution in [-0.4, -0.2) is 17.0 Å². The normalized spacial score (nSPS) is 9.83. The number of benzene rings is 1. The Hall–Kier alpha value is -2.63. The standard InChI is InChI=1S/C12H11N3O3/c1-8(16)13-9-2-4-10(5-3-9)14-12(17)11-6-7-18-15-11/h2-7H,1H3,(H,13,16)(H,14,17). The molecule has 92 valence electrons. The van der Waals surface area contributed by atoms with E-state index in [0.717, 1.165) is 0 Å². The number of nitrogens with zero attached hydrogens (tertiary/aromatic N) is 1. The van der Waals surface area contributed by atoms with Gasteiger partial charge in [-0.2, -0.15) is 0 Å². The minimum atomic E-state index is -0.351. The molecule has 2 rings (SSSR count). The van der Waals surface area contributed by atoms with Crippen molar-refractivity contribution in [3.63, 3.8) is 0 Å². The first kappa shape index (κ1) is 11.8. The first-order chi connectivity index (χ1) is 8.65. The number of hydrogen-bond acceptors (Lipinski definition) is 4. The van der Waals surface area contributed by atoms with Crippen molar-refractivity contribution in [2.45, 2.75) is 6.92 Å². The number of carbonyl (C=O) groups is 2. The summed E-state index contributed by atoms with van der Waals surface area (Å²) in [5, 5.41) is 8.81. The van der Waals surface area contributed by atoms with Gasteiger partial charge in [0.05, 0.1) is 0 Å². The summed E-state index contributed by atoms with van der Waals surface area (Å²) in [6, 6.07) is 8.23. The van der Waals surface area contributed by atoms with E-state index in [0.29, 0.717) is 11.4 Å². The van der Waals surface area contributed by atoms with Crippen LogP contribution in [0.1, 0.15) is 17.4 Å². The zero-order valence-electron chi connectivity index (χ0n) is 9.64. The molecule has 1 heterocycles. The van der Waals surface area contributed by atoms with Gasteiger partial charge in [-0.25, -0.2) is 0 Å². The summed E-state index contributed by atoms with van der Waals surface area (Å²) in [5.41, 5.74) is 1.49. The molecule has 0 spiro atoms. The van der Waals surface area contributed by atoms with Crippen molar-refractivity contribution >= 4 is 23.2 Å². The second-order valence-electron chi connectivity index (χ2n) is 3.60. The Labute approximate surface area is 103 Å². The van der Waals surface area contributed by atoms with Crippen LogP contribution in [0.25, 0.3) is 0 Å². The second-order valence-corrected chi connectivity index (χ2v) is 3.60. The van der Waals surface area contributed by atoms with E-state index in [2.05, 4.69) is 20.3 Å². The van der Waals surface area contributed by atoms with E-state index in [-0.39, 0.29) is 17.5 Å². The fraction of sp³-hybridized carbons (Fsp3) is 0.0833. The van der Waals surface area contributed by atoms with Crippen LogP contribution in [0.3, 0.4) is 0 Å². The summed E-state index contributed by atoms with van der Waals surface area (Å²) in [6.07, 6.45) is 1.33. The number of carbonyl (C=O) groups excluding carboxylic acids is 2. The predicted molar refractivity (Wildman–Crippen MR) is 65.2 cm³/mol. The minimum absolute atomic E-state index is 0.144. The number of anilines is 2. The zero-order chi connectivity index (χ0) is 13.0. The molecule has 0 aliphatic rings. The number of rotatable bonds is 3. The summed E-state index contributed by atoms with van der Waals surface area (Å²) in [4.78, 5) is 22.5. The molecule has 1 aromatic heterocycles. The van der Waals surface area contributed by atoms with Gasteiger partial charge in [0.25, 0.3) is 5.91 Å². The maximum absolute atomic E-state index is 11.6. The van der Waals surface area contributed by atoms with Crippen LogP contribution in [0.15, 0.2) is 41.1 Å². The summed E-state index contributed by atoms with van der Waals surface area (Å²) < 4.78 is 4.58. The lowest BCUT2D eigenvalue weighted by Crippen LogP contribution is -2.12. The summed E-state index contributed by atoms with van der Waals surface area (Å²) in [7, 11) is 0. The molecular formula is C12H11N3O3. The third-order valence-corrected chi connectivity index (χ3v) is 2.13. The van der Waals surface area contributed by atoms with Gasteiger partial charge in [-0.15, -0.1) is 0 Å². The Bertz CT molecular complexity index is 546. The van der Waals surface area contributed by atoms with Gasteiger partial charge in [0, 0.05) is 24.4 Å². The molecular weight excluding hydrogens is 234 g/mol. The molecule has 6 heteroatoms. The molecule has 1 aromatic carbocycles. The van der Waals surface area contributed by atoms with E-state index < -0.39 is 0 Å². The largest absolute Gasteiger partial charge is 0.364 e. The van der Waals surface area contributed by atoms with E-state index in [1.54, 1.807) is 24.3 Å². The van der Waals surface area contributed by atoms with Gasteiger partial charge in [-0.05, 0) is 24.3 Å². The number of nitrogens with one attached hydrogen (secondary N) is 2. The molecule has 0 fully saturated rings. The molecule has 2 aromatic rings. The van der Waals surface area contributed by atoms with Crippen LogP contribution in [0, 0.1) is 0 Å². The monoisotopic (exact) mass is 245 g/mol. The van der Waals surface area contributed by atoms with Crippen molar-refractivity contribution in [1.29, 1.82) is 0 Å². The topological polar surface area (TPSA) is 84.2 Å². The highest BCUT2D eigenvalue weighted by Crippen LogP contribution is 2.14. The Morgan fingerprint density at radius 1 is 1.06 bits per heavy atom. The van der Waals surface area contributed by atoms with Gasteiger partial charge < -0.3 is 15.2 Å². The summed E-state index contributed by atoms with van der Waals surface area (Å²) >= 11 is 0. The van der Waals surface area contributed by atoms with Crippen molar-refractivity contribution in [3.05, 3.63) is 42.3 Å².